The number of rotatable bonds is 15. The summed E-state index contributed by atoms with van der Waals surface area (Å²) >= 11 is 4.57. The second kappa shape index (κ2) is 16.6. The molecule has 4 aromatic rings. The average Bonchev–Trinajstić information content (AvgIpc) is 3.48. The number of ether oxygens (including phenoxy) is 5. The Balaban J connectivity index is 1.00. The van der Waals surface area contributed by atoms with E-state index in [1.54, 1.807) is 32.6 Å². The molecule has 3 heterocycles. The second-order valence-electron chi connectivity index (χ2n) is 14.4. The highest BCUT2D eigenvalue weighted by atomic mass is 32.1. The van der Waals surface area contributed by atoms with Gasteiger partial charge in [0.2, 0.25) is 6.41 Å². The summed E-state index contributed by atoms with van der Waals surface area (Å²) in [6.07, 6.45) is 6.99. The van der Waals surface area contributed by atoms with Crippen LogP contribution in [0.1, 0.15) is 53.7 Å². The van der Waals surface area contributed by atoms with Crippen molar-refractivity contribution in [3.63, 3.8) is 0 Å². The van der Waals surface area contributed by atoms with Crippen molar-refractivity contribution in [3.8, 4) is 34.1 Å². The van der Waals surface area contributed by atoms with Gasteiger partial charge in [-0.3, -0.25) is 24.5 Å². The summed E-state index contributed by atoms with van der Waals surface area (Å²) in [4.78, 5) is 36.6. The molecule has 0 fully saturated rings. The number of hydrogen-bond donors (Lipinski definition) is 2. The number of amides is 2. The molecule has 4 aromatic carbocycles. The molecule has 0 saturated heterocycles. The van der Waals surface area contributed by atoms with Gasteiger partial charge in [0, 0.05) is 60.0 Å². The van der Waals surface area contributed by atoms with E-state index in [1.807, 2.05) is 53.6 Å². The second-order valence-corrected chi connectivity index (χ2v) is 15.6. The Labute approximate surface area is 327 Å². The Hall–Kier alpha value is -5.33. The zero-order valence-corrected chi connectivity index (χ0v) is 32.4. The van der Waals surface area contributed by atoms with Crippen LogP contribution in [-0.4, -0.2) is 75.6 Å². The van der Waals surface area contributed by atoms with E-state index >= 15 is 0 Å². The maximum absolute atomic E-state index is 14.0. The van der Waals surface area contributed by atoms with Crippen LogP contribution in [0.4, 0.5) is 17.1 Å². The predicted octanol–water partition coefficient (Wildman–Crippen LogP) is 7.49. The molecule has 0 aromatic heterocycles. The Morgan fingerprint density at radius 1 is 0.818 bits per heavy atom. The van der Waals surface area contributed by atoms with Crippen LogP contribution in [0.2, 0.25) is 0 Å². The highest BCUT2D eigenvalue weighted by Crippen LogP contribution is 2.43. The Kier molecular flexibility index (Phi) is 11.4. The van der Waals surface area contributed by atoms with Crippen LogP contribution < -0.4 is 29.2 Å². The Morgan fingerprint density at radius 3 is 2.22 bits per heavy atom. The first-order valence-corrected chi connectivity index (χ1v) is 18.9. The molecule has 3 aliphatic heterocycles. The summed E-state index contributed by atoms with van der Waals surface area (Å²) in [5, 5.41) is 2.84. The lowest BCUT2D eigenvalue weighted by Gasteiger charge is -2.22. The van der Waals surface area contributed by atoms with E-state index in [2.05, 4.69) is 43.9 Å². The largest absolute Gasteiger partial charge is 0.493 e. The van der Waals surface area contributed by atoms with Crippen LogP contribution in [-0.2, 0) is 29.0 Å². The van der Waals surface area contributed by atoms with Gasteiger partial charge in [0.05, 0.1) is 63.1 Å². The lowest BCUT2D eigenvalue weighted by Crippen LogP contribution is -2.37. The number of carbonyl (C=O) groups excluding carboxylic acids is 2. The molecular weight excluding hydrogens is 717 g/mol. The maximum Gasteiger partial charge on any atom is 0.261 e. The number of nitrogens with one attached hydrogen (secondary N) is 1. The summed E-state index contributed by atoms with van der Waals surface area (Å²) < 4.78 is 29.6. The fourth-order valence-corrected chi connectivity index (χ4v) is 7.18. The number of benzene rings is 4. The zero-order valence-electron chi connectivity index (χ0n) is 31.5. The standard InChI is InChI=1S/C43H46N4O7S/c1-43(2,55)12-15-52-25-27-10-11-37-29(16-27)18-31-24-45-36-22-41(39(51-4)20-34(36)42(49)47(31)37)54-14-7-13-53-40-21-35-33(19-38(40)50-3)32-9-6-5-8-28(32)17-30(23-44-35)46-26-48/h5-6,8-11,16,19-24,26,30-31,55H,7,12-15,17-18,25H2,1-4H3,(H,46,48)/t30?,31-/m0/s1. The highest BCUT2D eigenvalue weighted by molar-refractivity contribution is 7.81. The maximum atomic E-state index is 14.0. The number of carbonyl (C=O) groups is 2. The van der Waals surface area contributed by atoms with E-state index in [-0.39, 0.29) is 22.7 Å². The van der Waals surface area contributed by atoms with Crippen LogP contribution in [0.3, 0.4) is 0 Å². The molecule has 286 valence electrons. The van der Waals surface area contributed by atoms with Crippen LogP contribution in [0.5, 0.6) is 23.0 Å². The minimum absolute atomic E-state index is 0.0764. The molecule has 1 unspecified atom stereocenters. The summed E-state index contributed by atoms with van der Waals surface area (Å²) in [5.41, 5.74) is 7.78. The lowest BCUT2D eigenvalue weighted by molar-refractivity contribution is -0.109. The number of aliphatic imine (C=N–C) groups is 2. The Bertz CT molecular complexity index is 2130. The van der Waals surface area contributed by atoms with Crippen molar-refractivity contribution >= 4 is 54.4 Å². The molecule has 7 rings (SSSR count). The van der Waals surface area contributed by atoms with E-state index in [9.17, 15) is 9.59 Å². The first kappa shape index (κ1) is 38.0. The van der Waals surface area contributed by atoms with Gasteiger partial charge in [-0.2, -0.15) is 12.6 Å². The summed E-state index contributed by atoms with van der Waals surface area (Å²) in [6.45, 7) is 5.95. The average molecular weight is 763 g/mol. The van der Waals surface area contributed by atoms with Crippen molar-refractivity contribution in [1.29, 1.82) is 0 Å². The number of methoxy groups -OCH3 is 2. The molecule has 0 bridgehead atoms. The minimum Gasteiger partial charge on any atom is -0.493 e. The van der Waals surface area contributed by atoms with Crippen LogP contribution in [0.15, 0.2) is 76.7 Å². The van der Waals surface area contributed by atoms with Crippen LogP contribution in [0, 0.1) is 0 Å². The summed E-state index contributed by atoms with van der Waals surface area (Å²) in [5.74, 6) is 1.94. The topological polar surface area (TPSA) is 120 Å². The Morgan fingerprint density at radius 2 is 1.51 bits per heavy atom. The third-order valence-electron chi connectivity index (χ3n) is 9.92. The molecule has 3 aliphatic rings. The van der Waals surface area contributed by atoms with Gasteiger partial charge in [0.1, 0.15) is 0 Å². The molecule has 0 aliphatic carbocycles. The number of anilines is 1. The number of fused-ring (bicyclic) bond motifs is 7. The molecule has 11 nitrogen and oxygen atoms in total. The fourth-order valence-electron chi connectivity index (χ4n) is 7.09. The normalized spacial score (nSPS) is 16.7. The molecule has 55 heavy (non-hydrogen) atoms. The van der Waals surface area contributed by atoms with Gasteiger partial charge in [-0.1, -0.05) is 50.2 Å². The predicted molar refractivity (Wildman–Crippen MR) is 218 cm³/mol. The number of hydrogen-bond acceptors (Lipinski definition) is 10. The van der Waals surface area contributed by atoms with Gasteiger partial charge in [-0.05, 0) is 53.3 Å². The monoisotopic (exact) mass is 762 g/mol. The summed E-state index contributed by atoms with van der Waals surface area (Å²) in [6, 6.07) is 21.1. The third kappa shape index (κ3) is 8.50. The first-order valence-electron chi connectivity index (χ1n) is 18.5. The molecule has 1 N–H and O–H groups in total. The lowest BCUT2D eigenvalue weighted by atomic mass is 9.93. The third-order valence-corrected chi connectivity index (χ3v) is 10.1. The SMILES string of the molecule is COc1cc2c(cc1OCCCOc1cc3c(cc1OC)-c1ccccc1CC(NC=O)C=N3)N=C[C@@H]1Cc3cc(COCCC(C)(C)S)ccc3N1C2=O. The first-order chi connectivity index (χ1) is 26.6. The van der Waals surface area contributed by atoms with E-state index in [0.29, 0.717) is 92.0 Å². The zero-order chi connectivity index (χ0) is 38.5. The van der Waals surface area contributed by atoms with Gasteiger partial charge in [0.15, 0.2) is 23.0 Å². The van der Waals surface area contributed by atoms with Crippen molar-refractivity contribution in [3.05, 3.63) is 89.0 Å². The highest BCUT2D eigenvalue weighted by Gasteiger charge is 2.37. The van der Waals surface area contributed by atoms with Gasteiger partial charge in [0.25, 0.3) is 5.91 Å². The van der Waals surface area contributed by atoms with Crippen molar-refractivity contribution in [2.45, 2.75) is 63.0 Å². The van der Waals surface area contributed by atoms with E-state index in [0.717, 1.165) is 39.9 Å². The molecule has 2 atom stereocenters. The van der Waals surface area contributed by atoms with E-state index < -0.39 is 0 Å². The van der Waals surface area contributed by atoms with Crippen molar-refractivity contribution in [2.75, 3.05) is 38.9 Å². The molecule has 0 spiro atoms. The number of thiol groups is 1. The quantitative estimate of drug-likeness (QED) is 0.0732. The van der Waals surface area contributed by atoms with Crippen molar-refractivity contribution < 1.29 is 33.3 Å². The van der Waals surface area contributed by atoms with Crippen molar-refractivity contribution in [1.82, 2.24) is 5.32 Å². The van der Waals surface area contributed by atoms with E-state index in [4.69, 9.17) is 33.7 Å². The minimum atomic E-state index is -0.237. The molecular formula is C43H46N4O7S. The van der Waals surface area contributed by atoms with Gasteiger partial charge < -0.3 is 29.0 Å². The fraction of sp³-hybridized carbons (Fsp3) is 0.349. The molecule has 0 radical (unpaired) electrons. The van der Waals surface area contributed by atoms with Crippen molar-refractivity contribution in [2.24, 2.45) is 9.98 Å². The molecule has 12 heteroatoms. The van der Waals surface area contributed by atoms with Gasteiger partial charge in [-0.15, -0.1) is 0 Å². The molecule has 2 amide bonds. The van der Waals surface area contributed by atoms with E-state index in [1.165, 1.54) is 0 Å². The van der Waals surface area contributed by atoms with Gasteiger partial charge >= 0.3 is 0 Å². The summed E-state index contributed by atoms with van der Waals surface area (Å²) in [7, 11) is 3.17. The van der Waals surface area contributed by atoms with Crippen LogP contribution in [0.25, 0.3) is 11.1 Å². The van der Waals surface area contributed by atoms with Gasteiger partial charge in [-0.25, -0.2) is 0 Å². The van der Waals surface area contributed by atoms with Crippen LogP contribution >= 0.6 is 12.6 Å². The smallest absolute Gasteiger partial charge is 0.261 e. The molecule has 0 saturated carbocycles. The number of nitrogens with zero attached hydrogens (tertiary/aromatic N) is 3.